The minimum absolute atomic E-state index is 0.0421. The fourth-order valence-electron chi connectivity index (χ4n) is 2.15. The van der Waals surface area contributed by atoms with Gasteiger partial charge in [0.2, 0.25) is 0 Å². The van der Waals surface area contributed by atoms with Crippen molar-refractivity contribution in [1.29, 1.82) is 5.26 Å². The smallest absolute Gasteiger partial charge is 0.270 e. The lowest BCUT2D eigenvalue weighted by Gasteiger charge is -2.30. The van der Waals surface area contributed by atoms with E-state index in [0.29, 0.717) is 11.6 Å². The van der Waals surface area contributed by atoms with Gasteiger partial charge in [0.25, 0.3) is 5.69 Å². The highest BCUT2D eigenvalue weighted by atomic mass is 16.6. The zero-order valence-corrected chi connectivity index (χ0v) is 10.6. The minimum Gasteiger partial charge on any atom is -0.394 e. The summed E-state index contributed by atoms with van der Waals surface area (Å²) < 4.78 is 0. The Morgan fingerprint density at radius 2 is 2.32 bits per heavy atom. The molecule has 0 bridgehead atoms. The number of benzene rings is 1. The number of hydrogen-bond donors (Lipinski definition) is 2. The van der Waals surface area contributed by atoms with E-state index in [2.05, 4.69) is 5.32 Å². The van der Waals surface area contributed by atoms with Gasteiger partial charge in [0.15, 0.2) is 0 Å². The zero-order valence-electron chi connectivity index (χ0n) is 10.6. The minimum atomic E-state index is -0.531. The van der Waals surface area contributed by atoms with Crippen LogP contribution in [0.2, 0.25) is 0 Å². The second-order valence-electron chi connectivity index (χ2n) is 5.07. The van der Waals surface area contributed by atoms with Gasteiger partial charge in [-0.2, -0.15) is 5.26 Å². The van der Waals surface area contributed by atoms with Crippen LogP contribution in [0.5, 0.6) is 0 Å². The van der Waals surface area contributed by atoms with E-state index in [4.69, 9.17) is 5.26 Å². The zero-order chi connectivity index (χ0) is 14.0. The molecule has 1 aromatic carbocycles. The van der Waals surface area contributed by atoms with Crippen molar-refractivity contribution in [2.75, 3.05) is 11.9 Å². The van der Waals surface area contributed by atoms with E-state index in [9.17, 15) is 15.2 Å². The molecule has 6 heteroatoms. The van der Waals surface area contributed by atoms with Crippen LogP contribution in [0.15, 0.2) is 18.2 Å². The molecule has 100 valence electrons. The number of hydrogen-bond acceptors (Lipinski definition) is 5. The summed E-state index contributed by atoms with van der Waals surface area (Å²) in [6.07, 6.45) is 2.08. The summed E-state index contributed by atoms with van der Waals surface area (Å²) in [5, 5.41) is 32.4. The Kier molecular flexibility index (Phi) is 3.40. The molecule has 2 rings (SSSR count). The van der Waals surface area contributed by atoms with Gasteiger partial charge in [0, 0.05) is 12.1 Å². The standard InChI is InChI=1S/C13H15N3O3/c1-13(8-17,10-2-3-10)15-12-5-4-11(16(18)19)6-9(12)7-14/h4-6,10,15,17H,2-3,8H2,1H3/t13-/m0/s1. The van der Waals surface area contributed by atoms with Crippen LogP contribution in [0.1, 0.15) is 25.3 Å². The van der Waals surface area contributed by atoms with E-state index in [1.807, 2.05) is 13.0 Å². The molecule has 1 aliphatic rings. The summed E-state index contributed by atoms with van der Waals surface area (Å²) >= 11 is 0. The molecule has 0 spiro atoms. The molecule has 2 N–H and O–H groups in total. The molecule has 0 heterocycles. The third kappa shape index (κ3) is 2.66. The first kappa shape index (κ1) is 13.3. The van der Waals surface area contributed by atoms with E-state index >= 15 is 0 Å². The van der Waals surface area contributed by atoms with Crippen molar-refractivity contribution in [1.82, 2.24) is 0 Å². The van der Waals surface area contributed by atoms with Crippen molar-refractivity contribution in [3.05, 3.63) is 33.9 Å². The molecular weight excluding hydrogens is 246 g/mol. The Bertz CT molecular complexity index is 549. The van der Waals surface area contributed by atoms with Crippen molar-refractivity contribution in [3.8, 4) is 6.07 Å². The van der Waals surface area contributed by atoms with Crippen LogP contribution >= 0.6 is 0 Å². The molecule has 6 nitrogen and oxygen atoms in total. The number of nitro benzene ring substituents is 1. The molecule has 1 atom stereocenters. The highest BCUT2D eigenvalue weighted by Crippen LogP contribution is 2.41. The van der Waals surface area contributed by atoms with E-state index in [1.165, 1.54) is 18.2 Å². The molecule has 1 aliphatic carbocycles. The number of non-ortho nitro benzene ring substituents is 1. The maximum absolute atomic E-state index is 10.7. The molecular formula is C13H15N3O3. The highest BCUT2D eigenvalue weighted by molar-refractivity contribution is 5.62. The fraction of sp³-hybridized carbons (Fsp3) is 0.462. The Morgan fingerprint density at radius 3 is 2.79 bits per heavy atom. The van der Waals surface area contributed by atoms with Crippen LogP contribution in [0, 0.1) is 27.4 Å². The molecule has 0 unspecified atom stereocenters. The van der Waals surface area contributed by atoms with Gasteiger partial charge in [0.1, 0.15) is 6.07 Å². The molecule has 19 heavy (non-hydrogen) atoms. The molecule has 1 aromatic rings. The second kappa shape index (κ2) is 4.86. The van der Waals surface area contributed by atoms with E-state index in [1.54, 1.807) is 0 Å². The fourth-order valence-corrected chi connectivity index (χ4v) is 2.15. The number of aliphatic hydroxyl groups is 1. The molecule has 1 saturated carbocycles. The number of anilines is 1. The van der Waals surface area contributed by atoms with Crippen LogP contribution in [0.4, 0.5) is 11.4 Å². The maximum atomic E-state index is 10.7. The summed E-state index contributed by atoms with van der Waals surface area (Å²) in [6, 6.07) is 6.07. The molecule has 0 aromatic heterocycles. The Balaban J connectivity index is 2.30. The van der Waals surface area contributed by atoms with Gasteiger partial charge in [-0.1, -0.05) is 0 Å². The third-order valence-corrected chi connectivity index (χ3v) is 3.56. The first-order valence-electron chi connectivity index (χ1n) is 6.08. The molecule has 0 radical (unpaired) electrons. The first-order chi connectivity index (χ1) is 9.00. The SMILES string of the molecule is C[C@@](CO)(Nc1ccc([N+](=O)[O-])cc1C#N)C1CC1. The summed E-state index contributed by atoms with van der Waals surface area (Å²) in [6.45, 7) is 1.85. The topological polar surface area (TPSA) is 99.2 Å². The van der Waals surface area contributed by atoms with Crippen LogP contribution in [-0.2, 0) is 0 Å². The lowest BCUT2D eigenvalue weighted by molar-refractivity contribution is -0.384. The lowest BCUT2D eigenvalue weighted by atomic mass is 9.96. The largest absolute Gasteiger partial charge is 0.394 e. The highest BCUT2D eigenvalue weighted by Gasteiger charge is 2.41. The quantitative estimate of drug-likeness (QED) is 0.624. The maximum Gasteiger partial charge on any atom is 0.270 e. The lowest BCUT2D eigenvalue weighted by Crippen LogP contribution is -2.41. The summed E-state index contributed by atoms with van der Waals surface area (Å²) in [5.41, 5.74) is 0.146. The Labute approximate surface area is 110 Å². The van der Waals surface area contributed by atoms with Crippen molar-refractivity contribution >= 4 is 11.4 Å². The molecule has 0 saturated heterocycles. The van der Waals surface area contributed by atoms with E-state index in [-0.39, 0.29) is 17.9 Å². The van der Waals surface area contributed by atoms with Gasteiger partial charge in [-0.25, -0.2) is 0 Å². The first-order valence-corrected chi connectivity index (χ1v) is 6.08. The number of aliphatic hydroxyl groups excluding tert-OH is 1. The Morgan fingerprint density at radius 1 is 1.63 bits per heavy atom. The Hall–Kier alpha value is -2.13. The van der Waals surface area contributed by atoms with Crippen molar-refractivity contribution in [2.24, 2.45) is 5.92 Å². The number of nitriles is 1. The van der Waals surface area contributed by atoms with Crippen molar-refractivity contribution in [2.45, 2.75) is 25.3 Å². The number of nitrogens with one attached hydrogen (secondary N) is 1. The number of nitro groups is 1. The van der Waals surface area contributed by atoms with E-state index < -0.39 is 10.5 Å². The predicted octanol–water partition coefficient (Wildman–Crippen LogP) is 2.04. The van der Waals surface area contributed by atoms with Gasteiger partial charge >= 0.3 is 0 Å². The average molecular weight is 261 g/mol. The van der Waals surface area contributed by atoms with Gasteiger partial charge in [-0.05, 0) is 31.7 Å². The molecule has 1 fully saturated rings. The number of nitrogens with zero attached hydrogens (tertiary/aromatic N) is 2. The van der Waals surface area contributed by atoms with Crippen LogP contribution in [0.25, 0.3) is 0 Å². The third-order valence-electron chi connectivity index (χ3n) is 3.56. The van der Waals surface area contributed by atoms with Crippen LogP contribution in [0.3, 0.4) is 0 Å². The number of rotatable bonds is 5. The predicted molar refractivity (Wildman–Crippen MR) is 69.6 cm³/mol. The summed E-state index contributed by atoms with van der Waals surface area (Å²) in [4.78, 5) is 10.1. The average Bonchev–Trinajstić information content (AvgIpc) is 3.23. The second-order valence-corrected chi connectivity index (χ2v) is 5.07. The normalized spacial score (nSPS) is 17.3. The van der Waals surface area contributed by atoms with Gasteiger partial charge in [-0.15, -0.1) is 0 Å². The summed E-state index contributed by atoms with van der Waals surface area (Å²) in [7, 11) is 0. The van der Waals surface area contributed by atoms with Gasteiger partial charge in [0.05, 0.1) is 28.3 Å². The van der Waals surface area contributed by atoms with Crippen molar-refractivity contribution < 1.29 is 10.0 Å². The van der Waals surface area contributed by atoms with E-state index in [0.717, 1.165) is 12.8 Å². The van der Waals surface area contributed by atoms with Crippen LogP contribution < -0.4 is 5.32 Å². The monoisotopic (exact) mass is 261 g/mol. The molecule has 0 amide bonds. The summed E-state index contributed by atoms with van der Waals surface area (Å²) in [5.74, 6) is 0.374. The van der Waals surface area contributed by atoms with Crippen LogP contribution in [-0.4, -0.2) is 22.2 Å². The van der Waals surface area contributed by atoms with Gasteiger partial charge < -0.3 is 10.4 Å². The molecule has 0 aliphatic heterocycles. The van der Waals surface area contributed by atoms with Gasteiger partial charge in [-0.3, -0.25) is 10.1 Å². The van der Waals surface area contributed by atoms with Crippen molar-refractivity contribution in [3.63, 3.8) is 0 Å².